The largest absolute Gasteiger partial charge is 0.415 e. The number of hydrogen-bond donors (Lipinski definition) is 0. The van der Waals surface area contributed by atoms with Gasteiger partial charge >= 0.3 is 0 Å². The summed E-state index contributed by atoms with van der Waals surface area (Å²) in [6.07, 6.45) is 6.17. The zero-order valence-corrected chi connectivity index (χ0v) is 16.0. The molecule has 0 aliphatic carbocycles. The predicted octanol–water partition coefficient (Wildman–Crippen LogP) is 4.96. The SMILES string of the molecule is CCCCCCC(CO[Si](C)(C)C)OO[Si](C)(C)C. The van der Waals surface area contributed by atoms with E-state index in [0.29, 0.717) is 6.61 Å². The molecule has 0 aromatic carbocycles. The average Bonchev–Trinajstić information content (AvgIpc) is 2.24. The van der Waals surface area contributed by atoms with Gasteiger partial charge in [0.25, 0.3) is 0 Å². The van der Waals surface area contributed by atoms with Crippen LogP contribution in [0.15, 0.2) is 0 Å². The molecule has 0 N–H and O–H groups in total. The van der Waals surface area contributed by atoms with Gasteiger partial charge in [-0.15, -0.1) is 0 Å². The van der Waals surface area contributed by atoms with E-state index in [1.165, 1.54) is 25.7 Å². The van der Waals surface area contributed by atoms with E-state index >= 15 is 0 Å². The molecule has 0 aliphatic heterocycles. The summed E-state index contributed by atoms with van der Waals surface area (Å²) in [7, 11) is -3.09. The number of hydrogen-bond acceptors (Lipinski definition) is 3. The maximum Gasteiger partial charge on any atom is 0.230 e. The van der Waals surface area contributed by atoms with Crippen LogP contribution in [0, 0.1) is 0 Å². The van der Waals surface area contributed by atoms with Crippen molar-refractivity contribution in [2.75, 3.05) is 6.61 Å². The summed E-state index contributed by atoms with van der Waals surface area (Å²) in [5.74, 6) is 0. The molecule has 0 saturated carbocycles. The van der Waals surface area contributed by atoms with Crippen molar-refractivity contribution in [1.82, 2.24) is 0 Å². The van der Waals surface area contributed by atoms with Crippen molar-refractivity contribution in [3.63, 3.8) is 0 Å². The summed E-state index contributed by atoms with van der Waals surface area (Å²) in [5, 5.41) is 0. The first kappa shape index (κ1) is 19.3. The van der Waals surface area contributed by atoms with Gasteiger partial charge in [0.1, 0.15) is 6.10 Å². The molecule has 116 valence electrons. The summed E-state index contributed by atoms with van der Waals surface area (Å²) in [6, 6.07) is 0. The highest BCUT2D eigenvalue weighted by Crippen LogP contribution is 2.14. The molecule has 0 spiro atoms. The third kappa shape index (κ3) is 14.5. The van der Waals surface area contributed by atoms with Crippen molar-refractivity contribution in [3.05, 3.63) is 0 Å². The lowest BCUT2D eigenvalue weighted by molar-refractivity contribution is -0.262. The Morgan fingerprint density at radius 2 is 1.47 bits per heavy atom. The summed E-state index contributed by atoms with van der Waals surface area (Å²) < 4.78 is 11.6. The molecule has 0 aromatic rings. The standard InChI is InChI=1S/C14H34O3Si2/c1-8-9-10-11-12-14(13-15-18(2,3)4)16-17-19(5,6)7/h14H,8-13H2,1-7H3. The lowest BCUT2D eigenvalue weighted by atomic mass is 10.1. The normalized spacial score (nSPS) is 14.7. The summed E-state index contributed by atoms with van der Waals surface area (Å²) >= 11 is 0. The van der Waals surface area contributed by atoms with Crippen LogP contribution < -0.4 is 0 Å². The Bertz CT molecular complexity index is 204. The molecule has 0 aliphatic rings. The molecule has 0 radical (unpaired) electrons. The van der Waals surface area contributed by atoms with Gasteiger partial charge in [-0.25, -0.2) is 4.89 Å². The Balaban J connectivity index is 4.07. The molecule has 0 saturated heterocycles. The Morgan fingerprint density at radius 1 is 0.842 bits per heavy atom. The van der Waals surface area contributed by atoms with Crippen LogP contribution in [0.25, 0.3) is 0 Å². The van der Waals surface area contributed by atoms with Crippen molar-refractivity contribution in [3.8, 4) is 0 Å². The van der Waals surface area contributed by atoms with Crippen molar-refractivity contribution >= 4 is 16.6 Å². The molecule has 0 heterocycles. The van der Waals surface area contributed by atoms with Gasteiger partial charge in [0, 0.05) is 0 Å². The molecular formula is C14H34O3Si2. The topological polar surface area (TPSA) is 27.7 Å². The Hall–Kier alpha value is 0.314. The minimum Gasteiger partial charge on any atom is -0.415 e. The van der Waals surface area contributed by atoms with E-state index in [0.717, 1.165) is 6.42 Å². The van der Waals surface area contributed by atoms with E-state index in [4.69, 9.17) is 13.9 Å². The fourth-order valence-corrected chi connectivity index (χ4v) is 2.62. The molecule has 0 amide bonds. The predicted molar refractivity (Wildman–Crippen MR) is 87.4 cm³/mol. The minimum absolute atomic E-state index is 0.0929. The molecule has 1 atom stereocenters. The second kappa shape index (κ2) is 9.29. The Labute approximate surface area is 122 Å². The van der Waals surface area contributed by atoms with Gasteiger partial charge in [0.2, 0.25) is 8.32 Å². The Morgan fingerprint density at radius 3 is 1.95 bits per heavy atom. The van der Waals surface area contributed by atoms with Crippen molar-refractivity contribution in [2.45, 2.75) is 84.4 Å². The molecule has 0 rings (SSSR count). The molecule has 5 heteroatoms. The Kier molecular flexibility index (Phi) is 9.44. The minimum atomic E-state index is -1.62. The van der Waals surface area contributed by atoms with Crippen molar-refractivity contribution in [2.24, 2.45) is 0 Å². The molecule has 3 nitrogen and oxygen atoms in total. The molecule has 1 unspecified atom stereocenters. The van der Waals surface area contributed by atoms with Crippen LogP contribution in [0.1, 0.15) is 39.0 Å². The molecule has 19 heavy (non-hydrogen) atoms. The molecular weight excluding hydrogens is 272 g/mol. The number of unbranched alkanes of at least 4 members (excludes halogenated alkanes) is 3. The van der Waals surface area contributed by atoms with E-state index in [1.807, 2.05) is 0 Å². The smallest absolute Gasteiger partial charge is 0.230 e. The van der Waals surface area contributed by atoms with Gasteiger partial charge in [-0.3, -0.25) is 4.58 Å². The maximum absolute atomic E-state index is 5.96. The summed E-state index contributed by atoms with van der Waals surface area (Å²) in [6.45, 7) is 16.0. The second-order valence-corrected chi connectivity index (χ2v) is 16.1. The van der Waals surface area contributed by atoms with E-state index in [1.54, 1.807) is 0 Å². The van der Waals surface area contributed by atoms with Crippen molar-refractivity contribution in [1.29, 1.82) is 0 Å². The van der Waals surface area contributed by atoms with Crippen LogP contribution in [0.3, 0.4) is 0 Å². The third-order valence-electron chi connectivity index (χ3n) is 2.52. The van der Waals surface area contributed by atoms with Gasteiger partial charge in [0.05, 0.1) is 6.61 Å². The van der Waals surface area contributed by atoms with Crippen LogP contribution in [-0.4, -0.2) is 29.3 Å². The van der Waals surface area contributed by atoms with Gasteiger partial charge in [-0.05, 0) is 45.7 Å². The summed E-state index contributed by atoms with van der Waals surface area (Å²) in [5.41, 5.74) is 0. The quantitative estimate of drug-likeness (QED) is 0.234. The van der Waals surface area contributed by atoms with Crippen LogP contribution in [0.2, 0.25) is 39.3 Å². The van der Waals surface area contributed by atoms with Crippen LogP contribution in [0.4, 0.5) is 0 Å². The van der Waals surface area contributed by atoms with Crippen LogP contribution >= 0.6 is 0 Å². The zero-order valence-electron chi connectivity index (χ0n) is 14.0. The first-order chi connectivity index (χ1) is 8.64. The monoisotopic (exact) mass is 306 g/mol. The summed E-state index contributed by atoms with van der Waals surface area (Å²) in [4.78, 5) is 5.64. The van der Waals surface area contributed by atoms with E-state index < -0.39 is 16.6 Å². The van der Waals surface area contributed by atoms with E-state index in [2.05, 4.69) is 46.2 Å². The highest BCUT2D eigenvalue weighted by molar-refractivity contribution is 6.70. The maximum atomic E-state index is 5.96. The van der Waals surface area contributed by atoms with E-state index in [9.17, 15) is 0 Å². The first-order valence-corrected chi connectivity index (χ1v) is 14.4. The van der Waals surface area contributed by atoms with Gasteiger partial charge in [-0.2, -0.15) is 0 Å². The van der Waals surface area contributed by atoms with E-state index in [-0.39, 0.29) is 6.10 Å². The van der Waals surface area contributed by atoms with Crippen molar-refractivity contribution < 1.29 is 13.9 Å². The fraction of sp³-hybridized carbons (Fsp3) is 1.00. The highest BCUT2D eigenvalue weighted by Gasteiger charge is 2.22. The van der Waals surface area contributed by atoms with Gasteiger partial charge in [0.15, 0.2) is 8.32 Å². The van der Waals surface area contributed by atoms with Gasteiger partial charge in [-0.1, -0.05) is 32.6 Å². The highest BCUT2D eigenvalue weighted by atomic mass is 28.4. The third-order valence-corrected chi connectivity index (χ3v) is 4.15. The second-order valence-electron chi connectivity index (χ2n) is 7.19. The fourth-order valence-electron chi connectivity index (χ4n) is 1.51. The lowest BCUT2D eigenvalue weighted by Crippen LogP contribution is -2.34. The first-order valence-electron chi connectivity index (χ1n) is 7.62. The zero-order chi connectivity index (χ0) is 14.9. The van der Waals surface area contributed by atoms with Crippen LogP contribution in [-0.2, 0) is 13.9 Å². The number of rotatable bonds is 11. The lowest BCUT2D eigenvalue weighted by Gasteiger charge is -2.25. The molecule has 0 fully saturated rings. The molecule has 0 bridgehead atoms. The van der Waals surface area contributed by atoms with Crippen LogP contribution in [0.5, 0.6) is 0 Å². The molecule has 0 aromatic heterocycles. The van der Waals surface area contributed by atoms with Gasteiger partial charge < -0.3 is 4.43 Å². The average molecular weight is 307 g/mol.